The molecule has 0 aliphatic heterocycles. The molecule has 1 aromatic rings. The molecule has 16 heavy (non-hydrogen) atoms. The van der Waals surface area contributed by atoms with Crippen LogP contribution >= 0.6 is 0 Å². The lowest BCUT2D eigenvalue weighted by Gasteiger charge is -2.04. The lowest BCUT2D eigenvalue weighted by Crippen LogP contribution is -2.10. The topological polar surface area (TPSA) is 65.5 Å². The highest BCUT2D eigenvalue weighted by Gasteiger charge is 2.00. The predicted molar refractivity (Wildman–Crippen MR) is 59.6 cm³/mol. The Balaban J connectivity index is 2.05. The van der Waals surface area contributed by atoms with Crippen molar-refractivity contribution in [3.05, 3.63) is 30.1 Å². The number of nitrogens with zero attached hydrogens (tertiary/aromatic N) is 1. The van der Waals surface area contributed by atoms with Gasteiger partial charge in [-0.05, 0) is 18.1 Å². The van der Waals surface area contributed by atoms with E-state index in [9.17, 15) is 8.42 Å². The summed E-state index contributed by atoms with van der Waals surface area (Å²) in [5, 5.41) is 0. The molecule has 0 saturated heterocycles. The van der Waals surface area contributed by atoms with Gasteiger partial charge in [-0.1, -0.05) is 6.07 Å². The Morgan fingerprint density at radius 2 is 2.12 bits per heavy atom. The highest BCUT2D eigenvalue weighted by Crippen LogP contribution is 1.97. The molecule has 0 aromatic carbocycles. The average molecular weight is 245 g/mol. The van der Waals surface area contributed by atoms with Crippen LogP contribution < -0.4 is 0 Å². The first-order valence-corrected chi connectivity index (χ1v) is 6.70. The molecular formula is C10H15NO4S. The first-order valence-electron chi connectivity index (χ1n) is 4.89. The van der Waals surface area contributed by atoms with Gasteiger partial charge in [0.1, 0.15) is 0 Å². The van der Waals surface area contributed by atoms with Gasteiger partial charge in [-0.3, -0.25) is 9.17 Å². The van der Waals surface area contributed by atoms with E-state index >= 15 is 0 Å². The number of hydrogen-bond donors (Lipinski definition) is 0. The molecule has 0 unspecified atom stereocenters. The number of rotatable bonds is 7. The van der Waals surface area contributed by atoms with Crippen LogP contribution in [0.2, 0.25) is 0 Å². The summed E-state index contributed by atoms with van der Waals surface area (Å²) in [6.45, 7) is 0.859. The minimum Gasteiger partial charge on any atom is -0.379 e. The zero-order chi connectivity index (χ0) is 11.9. The highest BCUT2D eigenvalue weighted by molar-refractivity contribution is 7.85. The maximum atomic E-state index is 10.6. The fraction of sp³-hybridized carbons (Fsp3) is 0.500. The van der Waals surface area contributed by atoms with Crippen LogP contribution in [-0.4, -0.2) is 39.5 Å². The summed E-state index contributed by atoms with van der Waals surface area (Å²) in [6.07, 6.45) is 5.26. The molecule has 0 bridgehead atoms. The van der Waals surface area contributed by atoms with Crippen LogP contribution in [0.1, 0.15) is 5.56 Å². The molecule has 0 aliphatic carbocycles. The molecule has 0 atom stereocenters. The molecular weight excluding hydrogens is 230 g/mol. The molecule has 6 heteroatoms. The Morgan fingerprint density at radius 1 is 1.31 bits per heavy atom. The maximum absolute atomic E-state index is 10.6. The van der Waals surface area contributed by atoms with Gasteiger partial charge in [0.2, 0.25) is 0 Å². The van der Waals surface area contributed by atoms with E-state index in [2.05, 4.69) is 9.17 Å². The van der Waals surface area contributed by atoms with Crippen molar-refractivity contribution in [1.29, 1.82) is 0 Å². The van der Waals surface area contributed by atoms with Gasteiger partial charge in [-0.2, -0.15) is 8.42 Å². The summed E-state index contributed by atoms with van der Waals surface area (Å²) in [5.74, 6) is 0. The summed E-state index contributed by atoms with van der Waals surface area (Å²) >= 11 is 0. The molecule has 5 nitrogen and oxygen atoms in total. The Kier molecular flexibility index (Phi) is 5.37. The number of pyridine rings is 1. The molecule has 1 rings (SSSR count). The monoisotopic (exact) mass is 245 g/mol. The molecule has 1 heterocycles. The van der Waals surface area contributed by atoms with Gasteiger partial charge in [0, 0.05) is 12.4 Å². The van der Waals surface area contributed by atoms with Crippen molar-refractivity contribution in [2.24, 2.45) is 0 Å². The molecule has 0 radical (unpaired) electrons. The summed E-state index contributed by atoms with van der Waals surface area (Å²) in [5.41, 5.74) is 1.09. The second-order valence-corrected chi connectivity index (χ2v) is 4.89. The van der Waals surface area contributed by atoms with Gasteiger partial charge >= 0.3 is 0 Å². The van der Waals surface area contributed by atoms with E-state index in [0.717, 1.165) is 18.2 Å². The third-order valence-corrected chi connectivity index (χ3v) is 2.38. The van der Waals surface area contributed by atoms with E-state index in [0.29, 0.717) is 6.61 Å². The SMILES string of the molecule is CS(=O)(=O)OCCOCCc1cccnc1. The molecule has 0 fully saturated rings. The van der Waals surface area contributed by atoms with Crippen molar-refractivity contribution >= 4 is 10.1 Å². The minimum absolute atomic E-state index is 0.0614. The fourth-order valence-corrected chi connectivity index (χ4v) is 1.45. The van der Waals surface area contributed by atoms with Gasteiger partial charge < -0.3 is 4.74 Å². The van der Waals surface area contributed by atoms with Crippen LogP contribution in [-0.2, 0) is 25.5 Å². The number of ether oxygens (including phenoxy) is 1. The molecule has 0 aliphatic rings. The van der Waals surface area contributed by atoms with Crippen molar-refractivity contribution in [2.45, 2.75) is 6.42 Å². The van der Waals surface area contributed by atoms with Crippen LogP contribution in [0.25, 0.3) is 0 Å². The first-order chi connectivity index (χ1) is 7.58. The quantitative estimate of drug-likeness (QED) is 0.520. The molecule has 0 spiro atoms. The van der Waals surface area contributed by atoms with Gasteiger partial charge in [0.05, 0.1) is 26.1 Å². The van der Waals surface area contributed by atoms with Crippen molar-refractivity contribution in [2.75, 3.05) is 26.1 Å². The van der Waals surface area contributed by atoms with Crippen molar-refractivity contribution < 1.29 is 17.3 Å². The van der Waals surface area contributed by atoms with Crippen LogP contribution in [0.15, 0.2) is 24.5 Å². The lowest BCUT2D eigenvalue weighted by molar-refractivity contribution is 0.105. The molecule has 90 valence electrons. The predicted octanol–water partition coefficient (Wildman–Crippen LogP) is 0.617. The second kappa shape index (κ2) is 6.57. The fourth-order valence-electron chi connectivity index (χ4n) is 1.08. The zero-order valence-electron chi connectivity index (χ0n) is 9.13. The Labute approximate surface area is 95.5 Å². The first kappa shape index (κ1) is 13.1. The van der Waals surface area contributed by atoms with Crippen LogP contribution in [0, 0.1) is 0 Å². The van der Waals surface area contributed by atoms with Crippen LogP contribution in [0.4, 0.5) is 0 Å². The summed E-state index contributed by atoms with van der Waals surface area (Å²) in [7, 11) is -3.35. The third-order valence-electron chi connectivity index (χ3n) is 1.78. The maximum Gasteiger partial charge on any atom is 0.264 e. The number of hydrogen-bond acceptors (Lipinski definition) is 5. The van der Waals surface area contributed by atoms with Gasteiger partial charge in [-0.15, -0.1) is 0 Å². The standard InChI is InChI=1S/C10H15NO4S/c1-16(12,13)15-8-7-14-6-4-10-3-2-5-11-9-10/h2-3,5,9H,4,6-8H2,1H3. The van der Waals surface area contributed by atoms with E-state index in [1.165, 1.54) is 0 Å². The van der Waals surface area contributed by atoms with Crippen molar-refractivity contribution in [3.8, 4) is 0 Å². The summed E-state index contributed by atoms with van der Waals surface area (Å²) < 4.78 is 30.9. The van der Waals surface area contributed by atoms with Crippen LogP contribution in [0.3, 0.4) is 0 Å². The summed E-state index contributed by atoms with van der Waals surface area (Å²) in [4.78, 5) is 3.97. The normalized spacial score (nSPS) is 11.6. The smallest absolute Gasteiger partial charge is 0.264 e. The van der Waals surface area contributed by atoms with Crippen LogP contribution in [0.5, 0.6) is 0 Å². The Morgan fingerprint density at radius 3 is 2.75 bits per heavy atom. The van der Waals surface area contributed by atoms with E-state index in [4.69, 9.17) is 4.74 Å². The van der Waals surface area contributed by atoms with Crippen molar-refractivity contribution in [1.82, 2.24) is 4.98 Å². The second-order valence-electron chi connectivity index (χ2n) is 3.25. The largest absolute Gasteiger partial charge is 0.379 e. The summed E-state index contributed by atoms with van der Waals surface area (Å²) in [6, 6.07) is 3.82. The van der Waals surface area contributed by atoms with Crippen molar-refractivity contribution in [3.63, 3.8) is 0 Å². The van der Waals surface area contributed by atoms with E-state index in [-0.39, 0.29) is 13.2 Å². The highest BCUT2D eigenvalue weighted by atomic mass is 32.2. The van der Waals surface area contributed by atoms with E-state index in [1.54, 1.807) is 12.4 Å². The van der Waals surface area contributed by atoms with E-state index in [1.807, 2.05) is 12.1 Å². The number of aromatic nitrogens is 1. The molecule has 0 amide bonds. The lowest BCUT2D eigenvalue weighted by atomic mass is 10.2. The van der Waals surface area contributed by atoms with Gasteiger partial charge in [0.25, 0.3) is 10.1 Å². The average Bonchev–Trinajstić information content (AvgIpc) is 2.23. The Bertz CT molecular complexity index is 391. The minimum atomic E-state index is -3.35. The Hall–Kier alpha value is -0.980. The zero-order valence-corrected chi connectivity index (χ0v) is 9.94. The van der Waals surface area contributed by atoms with Gasteiger partial charge in [0.15, 0.2) is 0 Å². The third kappa shape index (κ3) is 6.49. The molecule has 0 saturated carbocycles. The van der Waals surface area contributed by atoms with Gasteiger partial charge in [-0.25, -0.2) is 0 Å². The van der Waals surface area contributed by atoms with E-state index < -0.39 is 10.1 Å². The molecule has 1 aromatic heterocycles. The molecule has 0 N–H and O–H groups in total.